The number of anilines is 1. The van der Waals surface area contributed by atoms with Crippen LogP contribution in [-0.2, 0) is 18.1 Å². The predicted molar refractivity (Wildman–Crippen MR) is 79.1 cm³/mol. The van der Waals surface area contributed by atoms with Crippen molar-refractivity contribution in [3.8, 4) is 11.5 Å². The van der Waals surface area contributed by atoms with E-state index in [1.807, 2.05) is 6.07 Å². The Labute approximate surface area is 131 Å². The predicted octanol–water partition coefficient (Wildman–Crippen LogP) is 4.68. The highest BCUT2D eigenvalue weighted by Crippen LogP contribution is 2.31. The summed E-state index contributed by atoms with van der Waals surface area (Å²) in [6.45, 7) is 1.43. The van der Waals surface area contributed by atoms with Crippen LogP contribution in [0.15, 0.2) is 42.5 Å². The highest BCUT2D eigenvalue weighted by atomic mass is 19.4. The Kier molecular flexibility index (Phi) is 4.07. The Morgan fingerprint density at radius 2 is 1.83 bits per heavy atom. The van der Waals surface area contributed by atoms with Crippen molar-refractivity contribution in [2.45, 2.75) is 25.7 Å². The second kappa shape index (κ2) is 6.02. The van der Waals surface area contributed by atoms with Gasteiger partial charge in [0, 0.05) is 18.8 Å². The normalized spacial score (nSPS) is 14.5. The number of halogens is 3. The first kappa shape index (κ1) is 15.5. The van der Waals surface area contributed by atoms with Crippen LogP contribution in [0.5, 0.6) is 11.5 Å². The van der Waals surface area contributed by atoms with Gasteiger partial charge in [-0.25, -0.2) is 0 Å². The molecule has 0 saturated carbocycles. The molecule has 1 heterocycles. The molecule has 0 N–H and O–H groups in total. The Morgan fingerprint density at radius 1 is 1.09 bits per heavy atom. The van der Waals surface area contributed by atoms with Gasteiger partial charge < -0.3 is 9.64 Å². The van der Waals surface area contributed by atoms with E-state index in [0.29, 0.717) is 6.54 Å². The van der Waals surface area contributed by atoms with Gasteiger partial charge in [0.15, 0.2) is 5.75 Å². The summed E-state index contributed by atoms with van der Waals surface area (Å²) in [6.07, 6.45) is -2.85. The molecular formula is C17H15F3NO2. The van der Waals surface area contributed by atoms with Crippen molar-refractivity contribution < 1.29 is 23.0 Å². The Morgan fingerprint density at radius 3 is 2.52 bits per heavy atom. The zero-order valence-corrected chi connectivity index (χ0v) is 12.3. The number of rotatable bonds is 3. The molecule has 121 valence electrons. The quantitative estimate of drug-likeness (QED) is 0.822. The van der Waals surface area contributed by atoms with Crippen molar-refractivity contribution in [3.63, 3.8) is 0 Å². The van der Waals surface area contributed by atoms with Crippen LogP contribution >= 0.6 is 0 Å². The van der Waals surface area contributed by atoms with Crippen LogP contribution in [0.4, 0.5) is 18.9 Å². The summed E-state index contributed by atoms with van der Waals surface area (Å²) in [4.78, 5) is 2.14. The van der Waals surface area contributed by atoms with Gasteiger partial charge in [0.25, 0.3) is 0 Å². The number of hydrogen-bond donors (Lipinski definition) is 0. The molecule has 0 unspecified atom stereocenters. The highest BCUT2D eigenvalue weighted by Gasteiger charge is 2.31. The monoisotopic (exact) mass is 322 g/mol. The van der Waals surface area contributed by atoms with Crippen LogP contribution in [0.25, 0.3) is 0 Å². The van der Waals surface area contributed by atoms with E-state index in [0.717, 1.165) is 36.2 Å². The van der Waals surface area contributed by atoms with Gasteiger partial charge in [0.05, 0.1) is 0 Å². The fraction of sp³-hybridized carbons (Fsp3) is 0.294. The number of alkyl halides is 3. The third-order valence-corrected chi connectivity index (χ3v) is 3.80. The van der Waals surface area contributed by atoms with Crippen molar-refractivity contribution >= 4 is 5.69 Å². The largest absolute Gasteiger partial charge is 0.573 e. The summed E-state index contributed by atoms with van der Waals surface area (Å²) >= 11 is 0. The third kappa shape index (κ3) is 3.88. The Hall–Kier alpha value is -2.37. The van der Waals surface area contributed by atoms with Crippen LogP contribution in [0.3, 0.4) is 0 Å². The molecule has 0 spiro atoms. The molecule has 1 radical (unpaired) electrons. The second-order valence-corrected chi connectivity index (χ2v) is 5.51. The molecule has 6 heteroatoms. The average Bonchev–Trinajstić information content (AvgIpc) is 2.48. The van der Waals surface area contributed by atoms with Gasteiger partial charge in [0.2, 0.25) is 0 Å². The third-order valence-electron chi connectivity index (χ3n) is 3.80. The fourth-order valence-electron chi connectivity index (χ4n) is 2.83. The van der Waals surface area contributed by atoms with Crippen LogP contribution in [0, 0.1) is 0 Å². The molecular weight excluding hydrogens is 307 g/mol. The first-order valence-electron chi connectivity index (χ1n) is 7.30. The molecule has 23 heavy (non-hydrogen) atoms. The van der Waals surface area contributed by atoms with Crippen molar-refractivity contribution in [3.05, 3.63) is 53.6 Å². The molecule has 1 aliphatic rings. The van der Waals surface area contributed by atoms with E-state index in [-0.39, 0.29) is 11.5 Å². The van der Waals surface area contributed by atoms with E-state index >= 15 is 0 Å². The van der Waals surface area contributed by atoms with Gasteiger partial charge in [-0.2, -0.15) is 0 Å². The summed E-state index contributed by atoms with van der Waals surface area (Å²) < 4.78 is 40.3. The number of ether oxygens (including phenoxy) is 1. The zero-order chi connectivity index (χ0) is 16.4. The fourth-order valence-corrected chi connectivity index (χ4v) is 2.83. The van der Waals surface area contributed by atoms with Gasteiger partial charge >= 0.3 is 6.36 Å². The maximum absolute atomic E-state index is 12.2. The summed E-state index contributed by atoms with van der Waals surface area (Å²) in [6, 6.07) is 10.9. The summed E-state index contributed by atoms with van der Waals surface area (Å²) in [5, 5.41) is 11.4. The van der Waals surface area contributed by atoms with Gasteiger partial charge in [-0.3, -0.25) is 5.11 Å². The zero-order valence-electron chi connectivity index (χ0n) is 12.3. The molecule has 1 aliphatic heterocycles. The van der Waals surface area contributed by atoms with Crippen LogP contribution in [-0.4, -0.2) is 12.9 Å². The minimum atomic E-state index is -4.68. The van der Waals surface area contributed by atoms with E-state index in [2.05, 4.69) is 9.64 Å². The minimum Gasteiger partial charge on any atom is -0.406 e. The van der Waals surface area contributed by atoms with Crippen LogP contribution < -0.4 is 9.64 Å². The van der Waals surface area contributed by atoms with Gasteiger partial charge in [-0.05, 0) is 54.3 Å². The van der Waals surface area contributed by atoms with Gasteiger partial charge in [-0.15, -0.1) is 13.2 Å². The molecule has 0 fully saturated rings. The van der Waals surface area contributed by atoms with Crippen LogP contribution in [0.2, 0.25) is 0 Å². The number of hydrogen-bond acceptors (Lipinski definition) is 2. The average molecular weight is 322 g/mol. The van der Waals surface area contributed by atoms with E-state index in [1.165, 1.54) is 18.2 Å². The SMILES string of the molecule is [O]c1ccc2c(c1)CCCN2Cc1ccc(OC(F)(F)F)cc1. The van der Waals surface area contributed by atoms with Crippen molar-refractivity contribution in [2.24, 2.45) is 0 Å². The minimum absolute atomic E-state index is 0.000692. The molecule has 0 aromatic heterocycles. The van der Waals surface area contributed by atoms with E-state index < -0.39 is 6.36 Å². The molecule has 0 bridgehead atoms. The topological polar surface area (TPSA) is 32.4 Å². The number of benzene rings is 2. The number of fused-ring (bicyclic) bond motifs is 1. The van der Waals surface area contributed by atoms with Crippen molar-refractivity contribution in [1.29, 1.82) is 0 Å². The van der Waals surface area contributed by atoms with Crippen molar-refractivity contribution in [2.75, 3.05) is 11.4 Å². The molecule has 0 amide bonds. The number of aryl methyl sites for hydroxylation is 1. The van der Waals surface area contributed by atoms with E-state index in [1.54, 1.807) is 18.2 Å². The van der Waals surface area contributed by atoms with E-state index in [9.17, 15) is 18.3 Å². The molecule has 2 aromatic carbocycles. The molecule has 3 nitrogen and oxygen atoms in total. The highest BCUT2D eigenvalue weighted by molar-refractivity contribution is 5.58. The lowest BCUT2D eigenvalue weighted by Crippen LogP contribution is -2.28. The lowest BCUT2D eigenvalue weighted by Gasteiger charge is -2.31. The Balaban J connectivity index is 1.73. The standard InChI is InChI=1S/C17H15F3NO2/c18-17(19,20)23-15-6-3-12(4-7-15)11-21-9-1-2-13-10-14(22)5-8-16(13)21/h3-8,10H,1-2,9,11H2. The summed E-state index contributed by atoms with van der Waals surface area (Å²) in [7, 11) is 0. The molecule has 3 rings (SSSR count). The van der Waals surface area contributed by atoms with Crippen molar-refractivity contribution in [1.82, 2.24) is 0 Å². The molecule has 0 aliphatic carbocycles. The first-order valence-corrected chi connectivity index (χ1v) is 7.30. The lowest BCUT2D eigenvalue weighted by molar-refractivity contribution is -0.274. The first-order chi connectivity index (χ1) is 10.9. The maximum Gasteiger partial charge on any atom is 0.573 e. The summed E-state index contributed by atoms with van der Waals surface area (Å²) in [5.74, 6) is -0.226. The molecule has 2 aromatic rings. The summed E-state index contributed by atoms with van der Waals surface area (Å²) in [5.41, 5.74) is 2.94. The van der Waals surface area contributed by atoms with Crippen LogP contribution in [0.1, 0.15) is 17.5 Å². The van der Waals surface area contributed by atoms with Gasteiger partial charge in [0.1, 0.15) is 5.75 Å². The molecule has 0 saturated heterocycles. The second-order valence-electron chi connectivity index (χ2n) is 5.51. The lowest BCUT2D eigenvalue weighted by atomic mass is 10.0. The van der Waals surface area contributed by atoms with Gasteiger partial charge in [-0.1, -0.05) is 12.1 Å². The van der Waals surface area contributed by atoms with E-state index in [4.69, 9.17) is 0 Å². The smallest absolute Gasteiger partial charge is 0.406 e. The molecule has 0 atom stereocenters. The Bertz CT molecular complexity index is 683. The number of nitrogens with zero attached hydrogens (tertiary/aromatic N) is 1. The maximum atomic E-state index is 12.2.